The van der Waals surface area contributed by atoms with Crippen LogP contribution >= 0.6 is 0 Å². The van der Waals surface area contributed by atoms with Gasteiger partial charge in [0.05, 0.1) is 0 Å². The number of carboxylic acids is 1. The number of aliphatic carboxylic acids is 1. The van der Waals surface area contributed by atoms with Crippen molar-refractivity contribution in [2.45, 2.75) is 31.7 Å². The highest BCUT2D eigenvalue weighted by Crippen LogP contribution is 2.28. The molecule has 1 saturated carbocycles. The summed E-state index contributed by atoms with van der Waals surface area (Å²) in [6.07, 6.45) is 3.61. The van der Waals surface area contributed by atoms with E-state index in [0.717, 1.165) is 19.3 Å². The van der Waals surface area contributed by atoms with Gasteiger partial charge in [-0.2, -0.15) is 0 Å². The Bertz CT molecular complexity index is 277. The van der Waals surface area contributed by atoms with Crippen molar-refractivity contribution in [3.8, 4) is 0 Å². The average molecular weight is 227 g/mol. The smallest absolute Gasteiger partial charge is 0.407 e. The minimum atomic E-state index is -0.778. The van der Waals surface area contributed by atoms with E-state index in [0.29, 0.717) is 0 Å². The highest BCUT2D eigenvalue weighted by molar-refractivity contribution is 5.68. The second-order valence-corrected chi connectivity index (χ2v) is 4.01. The summed E-state index contributed by atoms with van der Waals surface area (Å²) in [4.78, 5) is 21.7. The highest BCUT2D eigenvalue weighted by atomic mass is 16.5. The first-order valence-corrected chi connectivity index (χ1v) is 5.37. The van der Waals surface area contributed by atoms with E-state index < -0.39 is 12.1 Å². The Morgan fingerprint density at radius 3 is 2.88 bits per heavy atom. The molecule has 5 nitrogen and oxygen atoms in total. The number of carbonyl (C=O) groups excluding carboxylic acids is 1. The van der Waals surface area contributed by atoms with Crippen LogP contribution in [-0.4, -0.2) is 29.8 Å². The molecule has 1 aliphatic carbocycles. The molecule has 90 valence electrons. The molecule has 0 spiro atoms. The summed E-state index contributed by atoms with van der Waals surface area (Å²) in [6.45, 7) is 3.63. The van der Waals surface area contributed by atoms with Gasteiger partial charge in [-0.1, -0.05) is 12.7 Å². The number of amides is 1. The quantitative estimate of drug-likeness (QED) is 0.698. The molecule has 0 radical (unpaired) electrons. The van der Waals surface area contributed by atoms with E-state index in [1.807, 2.05) is 0 Å². The van der Waals surface area contributed by atoms with Crippen molar-refractivity contribution in [2.75, 3.05) is 6.61 Å². The van der Waals surface area contributed by atoms with Gasteiger partial charge >= 0.3 is 12.1 Å². The first-order valence-electron chi connectivity index (χ1n) is 5.37. The maximum atomic E-state index is 11.2. The van der Waals surface area contributed by atoms with Crippen LogP contribution in [0.1, 0.15) is 25.7 Å². The summed E-state index contributed by atoms with van der Waals surface area (Å²) in [5, 5.41) is 11.4. The van der Waals surface area contributed by atoms with E-state index in [1.54, 1.807) is 0 Å². The number of rotatable bonds is 5. The van der Waals surface area contributed by atoms with Crippen LogP contribution in [0.5, 0.6) is 0 Å². The van der Waals surface area contributed by atoms with Crippen LogP contribution in [0.2, 0.25) is 0 Å². The number of carboxylic acid groups (broad SMARTS) is 1. The van der Waals surface area contributed by atoms with Crippen molar-refractivity contribution >= 4 is 12.1 Å². The molecule has 1 rings (SSSR count). The number of alkyl carbamates (subject to hydrolysis) is 1. The molecule has 2 N–H and O–H groups in total. The molecule has 1 amide bonds. The Morgan fingerprint density at radius 2 is 2.25 bits per heavy atom. The van der Waals surface area contributed by atoms with E-state index in [4.69, 9.17) is 9.84 Å². The molecule has 16 heavy (non-hydrogen) atoms. The van der Waals surface area contributed by atoms with E-state index >= 15 is 0 Å². The van der Waals surface area contributed by atoms with Crippen molar-refractivity contribution in [2.24, 2.45) is 5.92 Å². The summed E-state index contributed by atoms with van der Waals surface area (Å²) < 4.78 is 4.79. The first kappa shape index (κ1) is 12.5. The number of hydrogen-bond acceptors (Lipinski definition) is 3. The molecular weight excluding hydrogens is 210 g/mol. The Morgan fingerprint density at radius 1 is 1.50 bits per heavy atom. The fourth-order valence-corrected chi connectivity index (χ4v) is 1.98. The molecule has 0 heterocycles. The van der Waals surface area contributed by atoms with Crippen molar-refractivity contribution in [3.05, 3.63) is 12.7 Å². The van der Waals surface area contributed by atoms with Gasteiger partial charge in [-0.3, -0.25) is 4.79 Å². The first-order chi connectivity index (χ1) is 7.61. The lowest BCUT2D eigenvalue weighted by Crippen LogP contribution is -2.33. The Labute approximate surface area is 94.5 Å². The highest BCUT2D eigenvalue weighted by Gasteiger charge is 2.27. The topological polar surface area (TPSA) is 75.6 Å². The van der Waals surface area contributed by atoms with Gasteiger partial charge in [-0.15, -0.1) is 0 Å². The summed E-state index contributed by atoms with van der Waals surface area (Å²) >= 11 is 0. The van der Waals surface area contributed by atoms with Crippen LogP contribution in [0.4, 0.5) is 4.79 Å². The number of nitrogens with one attached hydrogen (secondary N) is 1. The Balaban J connectivity index is 2.22. The second kappa shape index (κ2) is 6.15. The molecule has 0 aromatic heterocycles. The summed E-state index contributed by atoms with van der Waals surface area (Å²) in [7, 11) is 0. The SMILES string of the molecule is C=CCOC(=O)NC1CCC(CC(=O)O)C1. The molecule has 1 fully saturated rings. The molecule has 5 heteroatoms. The van der Waals surface area contributed by atoms with Crippen LogP contribution in [0.15, 0.2) is 12.7 Å². The van der Waals surface area contributed by atoms with E-state index in [-0.39, 0.29) is 25.0 Å². The minimum absolute atomic E-state index is 0.0432. The fraction of sp³-hybridized carbons (Fsp3) is 0.636. The van der Waals surface area contributed by atoms with Crippen LogP contribution in [0, 0.1) is 5.92 Å². The van der Waals surface area contributed by atoms with Crippen molar-refractivity contribution in [1.29, 1.82) is 0 Å². The van der Waals surface area contributed by atoms with Gasteiger partial charge in [0.2, 0.25) is 0 Å². The van der Waals surface area contributed by atoms with Crippen LogP contribution in [0.25, 0.3) is 0 Å². The fourth-order valence-electron chi connectivity index (χ4n) is 1.98. The molecule has 2 unspecified atom stereocenters. The monoisotopic (exact) mass is 227 g/mol. The zero-order valence-electron chi connectivity index (χ0n) is 9.15. The lowest BCUT2D eigenvalue weighted by Gasteiger charge is -2.12. The zero-order valence-corrected chi connectivity index (χ0v) is 9.15. The largest absolute Gasteiger partial charge is 0.481 e. The standard InChI is InChI=1S/C11H17NO4/c1-2-5-16-11(15)12-9-4-3-8(6-9)7-10(13)14/h2,8-9H,1,3-7H2,(H,12,15)(H,13,14). The average Bonchev–Trinajstić information content (AvgIpc) is 2.61. The Hall–Kier alpha value is -1.52. The van der Waals surface area contributed by atoms with E-state index in [9.17, 15) is 9.59 Å². The van der Waals surface area contributed by atoms with Crippen LogP contribution < -0.4 is 5.32 Å². The molecule has 0 aromatic carbocycles. The maximum Gasteiger partial charge on any atom is 0.407 e. The van der Waals surface area contributed by atoms with Gasteiger partial charge in [0, 0.05) is 12.5 Å². The normalized spacial score (nSPS) is 23.8. The molecule has 1 aliphatic rings. The van der Waals surface area contributed by atoms with Crippen molar-refractivity contribution in [3.63, 3.8) is 0 Å². The predicted octanol–water partition coefficient (Wildman–Crippen LogP) is 1.54. The Kier molecular flexibility index (Phi) is 4.82. The van der Waals surface area contributed by atoms with Gasteiger partial charge < -0.3 is 15.2 Å². The van der Waals surface area contributed by atoms with Gasteiger partial charge in [-0.25, -0.2) is 4.79 Å². The molecule has 0 saturated heterocycles. The zero-order chi connectivity index (χ0) is 12.0. The van der Waals surface area contributed by atoms with Gasteiger partial charge in [-0.05, 0) is 25.2 Å². The van der Waals surface area contributed by atoms with E-state index in [1.165, 1.54) is 6.08 Å². The van der Waals surface area contributed by atoms with Crippen LogP contribution in [-0.2, 0) is 9.53 Å². The summed E-state index contributed by atoms with van der Waals surface area (Å²) in [5.41, 5.74) is 0. The summed E-state index contributed by atoms with van der Waals surface area (Å²) in [5.74, 6) is -0.609. The number of ether oxygens (including phenoxy) is 1. The predicted molar refractivity (Wildman–Crippen MR) is 58.1 cm³/mol. The van der Waals surface area contributed by atoms with Crippen molar-refractivity contribution < 1.29 is 19.4 Å². The number of hydrogen-bond donors (Lipinski definition) is 2. The van der Waals surface area contributed by atoms with E-state index in [2.05, 4.69) is 11.9 Å². The van der Waals surface area contributed by atoms with Gasteiger partial charge in [0.15, 0.2) is 0 Å². The molecule has 0 bridgehead atoms. The van der Waals surface area contributed by atoms with Crippen molar-refractivity contribution in [1.82, 2.24) is 5.32 Å². The second-order valence-electron chi connectivity index (χ2n) is 4.01. The molecule has 2 atom stereocenters. The molecular formula is C11H17NO4. The maximum absolute atomic E-state index is 11.2. The van der Waals surface area contributed by atoms with Crippen LogP contribution in [0.3, 0.4) is 0 Å². The third-order valence-corrected chi connectivity index (χ3v) is 2.66. The third-order valence-electron chi connectivity index (χ3n) is 2.66. The third kappa shape index (κ3) is 4.33. The lowest BCUT2D eigenvalue weighted by molar-refractivity contribution is -0.138. The lowest BCUT2D eigenvalue weighted by atomic mass is 10.0. The summed E-state index contributed by atoms with van der Waals surface area (Å²) in [6, 6.07) is 0.0432. The molecule has 0 aliphatic heterocycles. The number of carbonyl (C=O) groups is 2. The minimum Gasteiger partial charge on any atom is -0.481 e. The van der Waals surface area contributed by atoms with Gasteiger partial charge in [0.1, 0.15) is 6.61 Å². The molecule has 0 aromatic rings. The van der Waals surface area contributed by atoms with Gasteiger partial charge in [0.25, 0.3) is 0 Å².